The summed E-state index contributed by atoms with van der Waals surface area (Å²) in [6, 6.07) is 10.5. The Balaban J connectivity index is 2.06. The van der Waals surface area contributed by atoms with Gasteiger partial charge in [-0.05, 0) is 34.1 Å². The zero-order valence-electron chi connectivity index (χ0n) is 10.7. The molecule has 3 aromatic rings. The zero-order chi connectivity index (χ0) is 14.9. The Morgan fingerprint density at radius 3 is 2.71 bits per heavy atom. The maximum atomic E-state index is 12.4. The van der Waals surface area contributed by atoms with Crippen LogP contribution < -0.4 is 4.72 Å². The van der Waals surface area contributed by atoms with Crippen molar-refractivity contribution in [1.29, 1.82) is 0 Å². The number of aromatic nitrogens is 2. The number of halogens is 1. The average molecular weight is 364 g/mol. The summed E-state index contributed by atoms with van der Waals surface area (Å²) in [6.07, 6.45) is 4.45. The number of nitrogens with zero attached hydrogens (tertiary/aromatic N) is 2. The molecule has 2 heterocycles. The maximum absolute atomic E-state index is 12.4. The topological polar surface area (TPSA) is 72.0 Å². The van der Waals surface area contributed by atoms with Gasteiger partial charge in [0.2, 0.25) is 0 Å². The molecule has 0 aliphatic carbocycles. The van der Waals surface area contributed by atoms with Gasteiger partial charge in [0, 0.05) is 28.4 Å². The summed E-state index contributed by atoms with van der Waals surface area (Å²) in [5.74, 6) is 0. The molecule has 0 fully saturated rings. The van der Waals surface area contributed by atoms with E-state index in [1.54, 1.807) is 24.4 Å². The van der Waals surface area contributed by atoms with E-state index >= 15 is 0 Å². The molecule has 0 unspecified atom stereocenters. The van der Waals surface area contributed by atoms with Gasteiger partial charge in [-0.3, -0.25) is 14.7 Å². The molecule has 1 N–H and O–H groups in total. The van der Waals surface area contributed by atoms with E-state index in [9.17, 15) is 8.42 Å². The lowest BCUT2D eigenvalue weighted by Crippen LogP contribution is -2.13. The minimum absolute atomic E-state index is 0.0878. The second kappa shape index (κ2) is 5.42. The monoisotopic (exact) mass is 363 g/mol. The molecule has 106 valence electrons. The van der Waals surface area contributed by atoms with Crippen LogP contribution in [0.4, 0.5) is 5.69 Å². The Hall–Kier alpha value is -1.99. The first-order valence-corrected chi connectivity index (χ1v) is 8.31. The van der Waals surface area contributed by atoms with Crippen LogP contribution in [0.5, 0.6) is 0 Å². The number of anilines is 1. The van der Waals surface area contributed by atoms with E-state index in [1.807, 2.05) is 12.1 Å². The van der Waals surface area contributed by atoms with Crippen LogP contribution in [-0.2, 0) is 10.0 Å². The lowest BCUT2D eigenvalue weighted by atomic mass is 10.2. The Labute approximate surface area is 130 Å². The SMILES string of the molecule is O=S(=O)(Nc1cccc2cccnc12)c1cncc(Br)c1. The number of fused-ring (bicyclic) bond motifs is 1. The first kappa shape index (κ1) is 14.0. The highest BCUT2D eigenvalue weighted by molar-refractivity contribution is 9.10. The summed E-state index contributed by atoms with van der Waals surface area (Å²) in [5.41, 5.74) is 1.04. The molecule has 0 bridgehead atoms. The van der Waals surface area contributed by atoms with Gasteiger partial charge in [-0.1, -0.05) is 18.2 Å². The van der Waals surface area contributed by atoms with Gasteiger partial charge in [0.15, 0.2) is 0 Å². The summed E-state index contributed by atoms with van der Waals surface area (Å²) in [7, 11) is -3.71. The molecule has 0 saturated carbocycles. The fourth-order valence-electron chi connectivity index (χ4n) is 1.93. The minimum Gasteiger partial charge on any atom is -0.277 e. The van der Waals surface area contributed by atoms with Crippen molar-refractivity contribution >= 4 is 42.5 Å². The van der Waals surface area contributed by atoms with Crippen LogP contribution >= 0.6 is 15.9 Å². The summed E-state index contributed by atoms with van der Waals surface area (Å²) < 4.78 is 27.9. The largest absolute Gasteiger partial charge is 0.277 e. The molecule has 21 heavy (non-hydrogen) atoms. The Morgan fingerprint density at radius 1 is 1.10 bits per heavy atom. The number of nitrogens with one attached hydrogen (secondary N) is 1. The number of benzene rings is 1. The molecule has 2 aromatic heterocycles. The van der Waals surface area contributed by atoms with E-state index in [2.05, 4.69) is 30.6 Å². The average Bonchev–Trinajstić information content (AvgIpc) is 2.47. The highest BCUT2D eigenvalue weighted by Crippen LogP contribution is 2.24. The van der Waals surface area contributed by atoms with E-state index in [0.717, 1.165) is 5.39 Å². The van der Waals surface area contributed by atoms with E-state index in [1.165, 1.54) is 18.5 Å². The molecule has 0 aliphatic rings. The number of pyridine rings is 2. The van der Waals surface area contributed by atoms with Crippen LogP contribution in [0, 0.1) is 0 Å². The van der Waals surface area contributed by atoms with Crippen LogP contribution in [0.2, 0.25) is 0 Å². The van der Waals surface area contributed by atoms with Crippen molar-refractivity contribution in [3.8, 4) is 0 Å². The van der Waals surface area contributed by atoms with E-state index in [-0.39, 0.29) is 4.90 Å². The van der Waals surface area contributed by atoms with Gasteiger partial charge in [0.1, 0.15) is 4.90 Å². The lowest BCUT2D eigenvalue weighted by molar-refractivity contribution is 0.601. The van der Waals surface area contributed by atoms with Crippen molar-refractivity contribution in [1.82, 2.24) is 9.97 Å². The third-order valence-corrected chi connectivity index (χ3v) is 4.63. The predicted octanol–water partition coefficient (Wildman–Crippen LogP) is 3.19. The summed E-state index contributed by atoms with van der Waals surface area (Å²) in [5, 5.41) is 0.866. The fraction of sp³-hybridized carbons (Fsp3) is 0. The highest BCUT2D eigenvalue weighted by atomic mass is 79.9. The first-order valence-electron chi connectivity index (χ1n) is 6.03. The third kappa shape index (κ3) is 2.88. The molecule has 0 aliphatic heterocycles. The first-order chi connectivity index (χ1) is 10.1. The van der Waals surface area contributed by atoms with Crippen molar-refractivity contribution in [2.24, 2.45) is 0 Å². The third-order valence-electron chi connectivity index (χ3n) is 2.87. The van der Waals surface area contributed by atoms with E-state index in [4.69, 9.17) is 0 Å². The quantitative estimate of drug-likeness (QED) is 0.775. The van der Waals surface area contributed by atoms with Crippen molar-refractivity contribution in [2.45, 2.75) is 4.90 Å². The van der Waals surface area contributed by atoms with Gasteiger partial charge in [0.25, 0.3) is 10.0 Å². The predicted molar refractivity (Wildman–Crippen MR) is 84.5 cm³/mol. The Kier molecular flexibility index (Phi) is 3.60. The fourth-order valence-corrected chi connectivity index (χ4v) is 3.50. The lowest BCUT2D eigenvalue weighted by Gasteiger charge is -2.10. The number of para-hydroxylation sites is 1. The molecule has 7 heteroatoms. The molecule has 3 rings (SSSR count). The summed E-state index contributed by atoms with van der Waals surface area (Å²) >= 11 is 3.21. The van der Waals surface area contributed by atoms with Gasteiger partial charge < -0.3 is 0 Å². The van der Waals surface area contributed by atoms with Crippen molar-refractivity contribution < 1.29 is 8.42 Å². The molecule has 0 atom stereocenters. The molecule has 5 nitrogen and oxygen atoms in total. The second-order valence-corrected chi connectivity index (χ2v) is 6.92. The van der Waals surface area contributed by atoms with Crippen LogP contribution in [0.25, 0.3) is 10.9 Å². The normalized spacial score (nSPS) is 11.5. The zero-order valence-corrected chi connectivity index (χ0v) is 13.1. The highest BCUT2D eigenvalue weighted by Gasteiger charge is 2.16. The van der Waals surface area contributed by atoms with Gasteiger partial charge in [-0.25, -0.2) is 8.42 Å². The van der Waals surface area contributed by atoms with E-state index in [0.29, 0.717) is 15.7 Å². The Morgan fingerprint density at radius 2 is 1.90 bits per heavy atom. The van der Waals surface area contributed by atoms with E-state index < -0.39 is 10.0 Å². The molecular formula is C14H10BrN3O2S. The molecular weight excluding hydrogens is 354 g/mol. The van der Waals surface area contributed by atoms with Gasteiger partial charge in [-0.15, -0.1) is 0 Å². The molecule has 0 amide bonds. The van der Waals surface area contributed by atoms with Crippen LogP contribution in [0.15, 0.2) is 64.4 Å². The number of sulfonamides is 1. The van der Waals surface area contributed by atoms with Crippen LogP contribution in [0.3, 0.4) is 0 Å². The summed E-state index contributed by atoms with van der Waals surface area (Å²) in [6.45, 7) is 0. The number of hydrogen-bond acceptors (Lipinski definition) is 4. The van der Waals surface area contributed by atoms with Crippen molar-refractivity contribution in [3.63, 3.8) is 0 Å². The molecule has 0 spiro atoms. The van der Waals surface area contributed by atoms with Crippen molar-refractivity contribution in [2.75, 3.05) is 4.72 Å². The molecule has 1 aromatic carbocycles. The van der Waals surface area contributed by atoms with Crippen molar-refractivity contribution in [3.05, 3.63) is 59.5 Å². The number of rotatable bonds is 3. The molecule has 0 radical (unpaired) electrons. The minimum atomic E-state index is -3.71. The van der Waals surface area contributed by atoms with Gasteiger partial charge >= 0.3 is 0 Å². The number of hydrogen-bond donors (Lipinski definition) is 1. The molecule has 0 saturated heterocycles. The maximum Gasteiger partial charge on any atom is 0.263 e. The van der Waals surface area contributed by atoms with Gasteiger partial charge in [-0.2, -0.15) is 0 Å². The van der Waals surface area contributed by atoms with Crippen LogP contribution in [0.1, 0.15) is 0 Å². The standard InChI is InChI=1S/C14H10BrN3O2S/c15-11-7-12(9-16-8-11)21(19,20)18-13-5-1-3-10-4-2-6-17-14(10)13/h1-9,18H. The smallest absolute Gasteiger partial charge is 0.263 e. The summed E-state index contributed by atoms with van der Waals surface area (Å²) in [4.78, 5) is 8.19. The van der Waals surface area contributed by atoms with Crippen LogP contribution in [-0.4, -0.2) is 18.4 Å². The second-order valence-electron chi connectivity index (χ2n) is 4.33. The van der Waals surface area contributed by atoms with Gasteiger partial charge in [0.05, 0.1) is 11.2 Å². The Bertz CT molecular complexity index is 907.